The smallest absolute Gasteiger partial charge is 0.227 e. The lowest BCUT2D eigenvalue weighted by molar-refractivity contribution is -0.121. The van der Waals surface area contributed by atoms with E-state index in [2.05, 4.69) is 53.1 Å². The summed E-state index contributed by atoms with van der Waals surface area (Å²) in [6, 6.07) is 4.37. The van der Waals surface area contributed by atoms with Gasteiger partial charge in [0.25, 0.3) is 0 Å². The summed E-state index contributed by atoms with van der Waals surface area (Å²) in [4.78, 5) is 22.7. The highest BCUT2D eigenvalue weighted by Gasteiger charge is 2.16. The second-order valence-corrected chi connectivity index (χ2v) is 7.52. The number of rotatable bonds is 5. The molecular weight excluding hydrogens is 312 g/mol. The molecule has 2 aromatic rings. The number of likely N-dealkylation sites (tertiary alicyclic amines) is 1. The van der Waals surface area contributed by atoms with E-state index in [0.717, 1.165) is 42.1 Å². The molecule has 1 saturated heterocycles. The molecule has 1 amide bonds. The van der Waals surface area contributed by atoms with Crippen LogP contribution in [0.3, 0.4) is 0 Å². The summed E-state index contributed by atoms with van der Waals surface area (Å²) < 4.78 is 0. The molecule has 1 aromatic carbocycles. The minimum Gasteiger partial charge on any atom is -0.352 e. The second kappa shape index (κ2) is 8.00. The van der Waals surface area contributed by atoms with E-state index in [0.29, 0.717) is 6.42 Å². The third kappa shape index (κ3) is 4.82. The lowest BCUT2D eigenvalue weighted by Crippen LogP contribution is -2.43. The molecule has 5 heteroatoms. The van der Waals surface area contributed by atoms with Gasteiger partial charge in [0, 0.05) is 12.6 Å². The number of aromatic nitrogens is 2. The molecule has 5 nitrogen and oxygen atoms in total. The molecular formula is C20H30N4O. The normalized spacial score (nSPS) is 17.4. The van der Waals surface area contributed by atoms with Crippen molar-refractivity contribution in [2.75, 3.05) is 19.6 Å². The van der Waals surface area contributed by atoms with E-state index in [-0.39, 0.29) is 11.9 Å². The van der Waals surface area contributed by atoms with E-state index in [1.165, 1.54) is 31.2 Å². The molecule has 2 N–H and O–H groups in total. The van der Waals surface area contributed by atoms with Gasteiger partial charge in [-0.25, -0.2) is 4.98 Å². The Hall–Kier alpha value is -1.88. The standard InChI is InChI=1S/C20H30N4O/c1-14-10-15(2)20-17(11-14)22-18(23-20)12-19(25)21-16(3)13-24-8-6-4-5-7-9-24/h10-11,16H,4-9,12-13H2,1-3H3,(H,21,25)(H,22,23). The average Bonchev–Trinajstić information content (AvgIpc) is 2.75. The van der Waals surface area contributed by atoms with Gasteiger partial charge in [-0.05, 0) is 63.9 Å². The fourth-order valence-corrected chi connectivity index (χ4v) is 3.84. The number of carbonyl (C=O) groups excluding carboxylic acids is 1. The molecule has 1 fully saturated rings. The highest BCUT2D eigenvalue weighted by atomic mass is 16.1. The first-order chi connectivity index (χ1) is 12.0. The van der Waals surface area contributed by atoms with E-state index >= 15 is 0 Å². The van der Waals surface area contributed by atoms with E-state index in [1.54, 1.807) is 0 Å². The zero-order chi connectivity index (χ0) is 17.8. The maximum atomic E-state index is 12.4. The minimum absolute atomic E-state index is 0.0377. The molecule has 1 aromatic heterocycles. The van der Waals surface area contributed by atoms with Crippen LogP contribution in [-0.4, -0.2) is 46.5 Å². The molecule has 2 heterocycles. The summed E-state index contributed by atoms with van der Waals surface area (Å²) in [6.07, 6.45) is 5.53. The van der Waals surface area contributed by atoms with Gasteiger partial charge in [-0.15, -0.1) is 0 Å². The predicted octanol–water partition coefficient (Wildman–Crippen LogP) is 3.10. The number of carbonyl (C=O) groups is 1. The second-order valence-electron chi connectivity index (χ2n) is 7.52. The number of aryl methyl sites for hydroxylation is 2. The van der Waals surface area contributed by atoms with Gasteiger partial charge >= 0.3 is 0 Å². The monoisotopic (exact) mass is 342 g/mol. The highest BCUT2D eigenvalue weighted by molar-refractivity contribution is 5.82. The van der Waals surface area contributed by atoms with Gasteiger partial charge < -0.3 is 15.2 Å². The Morgan fingerprint density at radius 2 is 1.96 bits per heavy atom. The minimum atomic E-state index is 0.0377. The summed E-state index contributed by atoms with van der Waals surface area (Å²) in [7, 11) is 0. The molecule has 25 heavy (non-hydrogen) atoms. The third-order valence-corrected chi connectivity index (χ3v) is 4.94. The van der Waals surface area contributed by atoms with Crippen molar-refractivity contribution in [3.05, 3.63) is 29.1 Å². The van der Waals surface area contributed by atoms with Crippen LogP contribution in [0.15, 0.2) is 12.1 Å². The number of nitrogens with zero attached hydrogens (tertiary/aromatic N) is 2. The van der Waals surface area contributed by atoms with Crippen molar-refractivity contribution >= 4 is 16.9 Å². The molecule has 0 saturated carbocycles. The SMILES string of the molecule is Cc1cc(C)c2nc(CC(=O)NC(C)CN3CCCCCC3)[nH]c2c1. The van der Waals surface area contributed by atoms with Crippen molar-refractivity contribution in [3.63, 3.8) is 0 Å². The van der Waals surface area contributed by atoms with Crippen molar-refractivity contribution in [2.24, 2.45) is 0 Å². The number of hydrogen-bond donors (Lipinski definition) is 2. The van der Waals surface area contributed by atoms with Gasteiger partial charge in [0.1, 0.15) is 5.82 Å². The van der Waals surface area contributed by atoms with Crippen LogP contribution in [0.5, 0.6) is 0 Å². The molecule has 0 aliphatic carbocycles. The van der Waals surface area contributed by atoms with E-state index in [1.807, 2.05) is 0 Å². The zero-order valence-corrected chi connectivity index (χ0v) is 15.7. The third-order valence-electron chi connectivity index (χ3n) is 4.94. The fraction of sp³-hybridized carbons (Fsp3) is 0.600. The van der Waals surface area contributed by atoms with Gasteiger partial charge in [-0.1, -0.05) is 18.9 Å². The van der Waals surface area contributed by atoms with Crippen LogP contribution in [-0.2, 0) is 11.2 Å². The number of benzene rings is 1. The molecule has 0 radical (unpaired) electrons. The van der Waals surface area contributed by atoms with E-state index in [4.69, 9.17) is 0 Å². The van der Waals surface area contributed by atoms with Crippen molar-refractivity contribution < 1.29 is 4.79 Å². The van der Waals surface area contributed by atoms with Gasteiger partial charge in [0.2, 0.25) is 5.91 Å². The van der Waals surface area contributed by atoms with Crippen LogP contribution in [0.1, 0.15) is 49.6 Å². The van der Waals surface area contributed by atoms with Crippen LogP contribution >= 0.6 is 0 Å². The number of H-pyrrole nitrogens is 1. The quantitative estimate of drug-likeness (QED) is 0.878. The zero-order valence-electron chi connectivity index (χ0n) is 15.7. The topological polar surface area (TPSA) is 61.0 Å². The van der Waals surface area contributed by atoms with Crippen LogP contribution in [0, 0.1) is 13.8 Å². The molecule has 0 bridgehead atoms. The van der Waals surface area contributed by atoms with Gasteiger partial charge in [0.15, 0.2) is 0 Å². The Morgan fingerprint density at radius 1 is 1.24 bits per heavy atom. The Morgan fingerprint density at radius 3 is 2.68 bits per heavy atom. The number of nitrogens with one attached hydrogen (secondary N) is 2. The summed E-state index contributed by atoms with van der Waals surface area (Å²) >= 11 is 0. The molecule has 1 atom stereocenters. The molecule has 1 unspecified atom stereocenters. The fourth-order valence-electron chi connectivity index (χ4n) is 3.84. The van der Waals surface area contributed by atoms with Crippen molar-refractivity contribution in [1.82, 2.24) is 20.2 Å². The van der Waals surface area contributed by atoms with Crippen LogP contribution in [0.4, 0.5) is 0 Å². The first-order valence-electron chi connectivity index (χ1n) is 9.49. The summed E-state index contributed by atoms with van der Waals surface area (Å²) in [6.45, 7) is 9.47. The molecule has 0 spiro atoms. The number of imidazole rings is 1. The first kappa shape index (κ1) is 17.9. The van der Waals surface area contributed by atoms with Gasteiger partial charge in [-0.3, -0.25) is 4.79 Å². The molecule has 1 aliphatic heterocycles. The Balaban J connectivity index is 1.55. The van der Waals surface area contributed by atoms with Gasteiger partial charge in [0.05, 0.1) is 17.5 Å². The Bertz CT molecular complexity index is 729. The van der Waals surface area contributed by atoms with Crippen LogP contribution in [0.2, 0.25) is 0 Å². The number of amides is 1. The average molecular weight is 342 g/mol. The van der Waals surface area contributed by atoms with Crippen molar-refractivity contribution in [3.8, 4) is 0 Å². The molecule has 3 rings (SSSR count). The molecule has 136 valence electrons. The van der Waals surface area contributed by atoms with Gasteiger partial charge in [-0.2, -0.15) is 0 Å². The summed E-state index contributed by atoms with van der Waals surface area (Å²) in [5.41, 5.74) is 4.33. The number of aromatic amines is 1. The predicted molar refractivity (Wildman–Crippen MR) is 102 cm³/mol. The maximum absolute atomic E-state index is 12.4. The lowest BCUT2D eigenvalue weighted by atomic mass is 10.1. The largest absolute Gasteiger partial charge is 0.352 e. The van der Waals surface area contributed by atoms with E-state index < -0.39 is 0 Å². The van der Waals surface area contributed by atoms with Crippen LogP contribution < -0.4 is 5.32 Å². The van der Waals surface area contributed by atoms with Crippen LogP contribution in [0.25, 0.3) is 11.0 Å². The Labute approximate surface area is 150 Å². The van der Waals surface area contributed by atoms with Crippen molar-refractivity contribution in [1.29, 1.82) is 0 Å². The number of hydrogen-bond acceptors (Lipinski definition) is 3. The highest BCUT2D eigenvalue weighted by Crippen LogP contribution is 2.18. The lowest BCUT2D eigenvalue weighted by Gasteiger charge is -2.24. The first-order valence-corrected chi connectivity index (χ1v) is 9.49. The summed E-state index contributed by atoms with van der Waals surface area (Å²) in [5.74, 6) is 0.777. The summed E-state index contributed by atoms with van der Waals surface area (Å²) in [5, 5.41) is 3.13. The van der Waals surface area contributed by atoms with E-state index in [9.17, 15) is 4.79 Å². The Kier molecular flexibility index (Phi) is 5.74. The number of fused-ring (bicyclic) bond motifs is 1. The maximum Gasteiger partial charge on any atom is 0.227 e. The molecule has 1 aliphatic rings. The van der Waals surface area contributed by atoms with Crippen molar-refractivity contribution in [2.45, 2.75) is 58.9 Å².